The lowest BCUT2D eigenvalue weighted by Crippen LogP contribution is -2.67. The van der Waals surface area contributed by atoms with Crippen LogP contribution in [0.3, 0.4) is 0 Å². The topological polar surface area (TPSA) is 167 Å². The number of fused-ring (bicyclic) bond motifs is 1. The predicted molar refractivity (Wildman–Crippen MR) is 197 cm³/mol. The van der Waals surface area contributed by atoms with Gasteiger partial charge in [-0.05, 0) is 69.2 Å². The van der Waals surface area contributed by atoms with Crippen LogP contribution < -0.4 is 23.8 Å². The summed E-state index contributed by atoms with van der Waals surface area (Å²) < 4.78 is 51.7. The Kier molecular flexibility index (Phi) is 10.2. The Morgan fingerprint density at radius 1 is 1.02 bits per heavy atom. The van der Waals surface area contributed by atoms with Crippen molar-refractivity contribution < 1.29 is 37.0 Å². The van der Waals surface area contributed by atoms with E-state index in [4.69, 9.17) is 18.9 Å². The second kappa shape index (κ2) is 14.7. The number of hydrogen-bond donors (Lipinski definition) is 1. The molecule has 15 nitrogen and oxygen atoms in total. The van der Waals surface area contributed by atoms with Gasteiger partial charge in [-0.1, -0.05) is 0 Å². The molecular formula is C38H45N7O8S. The van der Waals surface area contributed by atoms with Gasteiger partial charge in [0.25, 0.3) is 15.9 Å². The zero-order valence-electron chi connectivity index (χ0n) is 31.0. The van der Waals surface area contributed by atoms with Gasteiger partial charge in [-0.3, -0.25) is 14.6 Å². The van der Waals surface area contributed by atoms with Crippen LogP contribution in [0.4, 0.5) is 10.5 Å². The highest BCUT2D eigenvalue weighted by Crippen LogP contribution is 2.50. The molecule has 4 aliphatic heterocycles. The molecule has 3 fully saturated rings. The Balaban J connectivity index is 1.20. The van der Waals surface area contributed by atoms with Gasteiger partial charge in [-0.2, -0.15) is 9.57 Å². The molecular weight excluding hydrogens is 715 g/mol. The van der Waals surface area contributed by atoms with Crippen LogP contribution in [0.2, 0.25) is 0 Å². The van der Waals surface area contributed by atoms with Crippen LogP contribution in [-0.4, -0.2) is 125 Å². The summed E-state index contributed by atoms with van der Waals surface area (Å²) in [7, 11) is -0.587. The first kappa shape index (κ1) is 37.4. The number of ether oxygens (including phenoxy) is 4. The number of amides is 3. The van der Waals surface area contributed by atoms with E-state index >= 15 is 4.79 Å². The van der Waals surface area contributed by atoms with E-state index in [9.17, 15) is 18.5 Å². The SMILES string of the molecule is COc1ccc(S(=O)(=O)N2C(=O)[C@@](NC(=O)N3CC(N4CCC(N(C(C)C)C5COC5)CC4)C3)(c3cccnc3OC)c3cc(C#N)ccc32)c(OC)c1. The van der Waals surface area contributed by atoms with Gasteiger partial charge in [0, 0.05) is 62.1 Å². The summed E-state index contributed by atoms with van der Waals surface area (Å²) in [5.41, 5.74) is -1.87. The first-order chi connectivity index (χ1) is 26.0. The van der Waals surface area contributed by atoms with E-state index in [-0.39, 0.29) is 44.9 Å². The van der Waals surface area contributed by atoms with Crippen molar-refractivity contribution in [1.82, 2.24) is 25.0 Å². The molecule has 4 aliphatic rings. The van der Waals surface area contributed by atoms with Crippen LogP contribution >= 0.6 is 0 Å². The van der Waals surface area contributed by atoms with Crippen molar-refractivity contribution in [1.29, 1.82) is 5.26 Å². The van der Waals surface area contributed by atoms with Crippen LogP contribution in [-0.2, 0) is 25.1 Å². The van der Waals surface area contributed by atoms with Gasteiger partial charge in [-0.15, -0.1) is 0 Å². The highest BCUT2D eigenvalue weighted by atomic mass is 32.2. The highest BCUT2D eigenvalue weighted by Gasteiger charge is 2.59. The first-order valence-electron chi connectivity index (χ1n) is 18.0. The monoisotopic (exact) mass is 759 g/mol. The van der Waals surface area contributed by atoms with Crippen molar-refractivity contribution in [3.63, 3.8) is 0 Å². The van der Waals surface area contributed by atoms with Gasteiger partial charge in [0.1, 0.15) is 16.4 Å². The molecule has 3 amide bonds. The molecule has 1 N–H and O–H groups in total. The van der Waals surface area contributed by atoms with E-state index in [0.717, 1.165) is 39.1 Å². The number of carbonyl (C=O) groups excluding carboxylic acids is 2. The third-order valence-corrected chi connectivity index (χ3v) is 12.8. The Morgan fingerprint density at radius 3 is 2.37 bits per heavy atom. The van der Waals surface area contributed by atoms with Gasteiger partial charge >= 0.3 is 6.03 Å². The summed E-state index contributed by atoms with van der Waals surface area (Å²) >= 11 is 0. The number of sulfonamides is 1. The maximum absolute atomic E-state index is 15.1. The van der Waals surface area contributed by atoms with Gasteiger partial charge in [0.15, 0.2) is 5.54 Å². The van der Waals surface area contributed by atoms with E-state index in [2.05, 4.69) is 40.0 Å². The Morgan fingerprint density at radius 2 is 1.76 bits per heavy atom. The lowest BCUT2D eigenvalue weighted by atomic mass is 9.83. The predicted octanol–water partition coefficient (Wildman–Crippen LogP) is 2.93. The maximum atomic E-state index is 15.1. The van der Waals surface area contributed by atoms with Crippen LogP contribution in [0.5, 0.6) is 17.4 Å². The third-order valence-electron chi connectivity index (χ3n) is 11.0. The second-order valence-corrected chi connectivity index (χ2v) is 16.0. The molecule has 0 saturated carbocycles. The largest absolute Gasteiger partial charge is 0.497 e. The smallest absolute Gasteiger partial charge is 0.318 e. The molecule has 54 heavy (non-hydrogen) atoms. The summed E-state index contributed by atoms with van der Waals surface area (Å²) in [4.78, 5) is 40.1. The molecule has 3 aromatic rings. The number of hydrogen-bond acceptors (Lipinski definition) is 12. The minimum atomic E-state index is -4.70. The number of nitrogens with zero attached hydrogens (tertiary/aromatic N) is 6. The van der Waals surface area contributed by atoms with Crippen molar-refractivity contribution in [3.8, 4) is 23.4 Å². The molecule has 0 radical (unpaired) electrons. The molecule has 0 aliphatic carbocycles. The highest BCUT2D eigenvalue weighted by molar-refractivity contribution is 7.93. The van der Waals surface area contributed by atoms with Gasteiger partial charge in [0.2, 0.25) is 5.88 Å². The summed E-state index contributed by atoms with van der Waals surface area (Å²) in [6.07, 6.45) is 3.51. The van der Waals surface area contributed by atoms with Crippen LogP contribution in [0.25, 0.3) is 0 Å². The molecule has 286 valence electrons. The standard InChI is InChI=1S/C38H45N7O8S/c1-24(2)44(28-22-53-23-28)26-12-15-42(16-13-26)27-20-43(21-27)37(47)41-38(30-7-6-14-40-35(30)52-5)31-17-25(19-39)8-10-32(31)45(36(38)46)54(48,49)34-11-9-29(50-3)18-33(34)51-4/h6-11,14,17-18,24,26-28H,12-13,15-16,20-23H2,1-5H3,(H,41,47)/t38-/m1/s1. The summed E-state index contributed by atoms with van der Waals surface area (Å²) in [6.45, 7) is 8.69. The number of pyridine rings is 1. The van der Waals surface area contributed by atoms with Crippen molar-refractivity contribution in [3.05, 3.63) is 71.4 Å². The minimum absolute atomic E-state index is 0.00556. The number of nitriles is 1. The van der Waals surface area contributed by atoms with Crippen molar-refractivity contribution in [2.24, 2.45) is 0 Å². The van der Waals surface area contributed by atoms with Crippen LogP contribution in [0, 0.1) is 11.3 Å². The number of benzene rings is 2. The number of aromatic nitrogens is 1. The molecule has 2 aromatic carbocycles. The van der Waals surface area contributed by atoms with Crippen molar-refractivity contribution >= 4 is 27.6 Å². The van der Waals surface area contributed by atoms with E-state index in [1.54, 1.807) is 17.0 Å². The normalized spacial score (nSPS) is 21.0. The summed E-state index contributed by atoms with van der Waals surface area (Å²) in [5, 5.41) is 12.9. The fraction of sp³-hybridized carbons (Fsp3) is 0.474. The number of urea groups is 1. The van der Waals surface area contributed by atoms with Crippen LogP contribution in [0.1, 0.15) is 43.4 Å². The van der Waals surface area contributed by atoms with Gasteiger partial charge < -0.3 is 29.2 Å². The number of nitrogens with one attached hydrogen (secondary N) is 1. The molecule has 0 bridgehead atoms. The first-order valence-corrected chi connectivity index (χ1v) is 19.4. The molecule has 16 heteroatoms. The number of piperidine rings is 1. The molecule has 1 aromatic heterocycles. The van der Waals surface area contributed by atoms with Crippen molar-refractivity contribution in [2.45, 2.75) is 61.3 Å². The number of methoxy groups -OCH3 is 3. The fourth-order valence-corrected chi connectivity index (χ4v) is 9.86. The molecule has 1 atom stereocenters. The van der Waals surface area contributed by atoms with E-state index in [1.807, 2.05) is 0 Å². The number of rotatable bonds is 11. The van der Waals surface area contributed by atoms with Crippen molar-refractivity contribution in [2.75, 3.05) is 65.0 Å². The van der Waals surface area contributed by atoms with E-state index < -0.39 is 27.5 Å². The van der Waals surface area contributed by atoms with Gasteiger partial charge in [-0.25, -0.2) is 18.2 Å². The lowest BCUT2D eigenvalue weighted by Gasteiger charge is -2.51. The average Bonchev–Trinajstić information content (AvgIpc) is 3.39. The quantitative estimate of drug-likeness (QED) is 0.304. The Bertz CT molecular complexity index is 2070. The minimum Gasteiger partial charge on any atom is -0.497 e. The van der Waals surface area contributed by atoms with Gasteiger partial charge in [0.05, 0.1) is 63.5 Å². The fourth-order valence-electron chi connectivity index (χ4n) is 8.25. The summed E-state index contributed by atoms with van der Waals surface area (Å²) in [6, 6.07) is 14.5. The molecule has 3 saturated heterocycles. The number of anilines is 1. The third kappa shape index (κ3) is 6.18. The zero-order chi connectivity index (χ0) is 38.4. The number of likely N-dealkylation sites (tertiary alicyclic amines) is 2. The van der Waals surface area contributed by atoms with Crippen LogP contribution in [0.15, 0.2) is 59.6 Å². The molecule has 0 unspecified atom stereocenters. The average molecular weight is 760 g/mol. The number of carbonyl (C=O) groups is 2. The maximum Gasteiger partial charge on any atom is 0.318 e. The second-order valence-electron chi connectivity index (χ2n) is 14.2. The Hall–Kier alpha value is -4.95. The summed E-state index contributed by atoms with van der Waals surface area (Å²) in [5.74, 6) is -0.717. The molecule has 0 spiro atoms. The Labute approximate surface area is 315 Å². The van der Waals surface area contributed by atoms with E-state index in [1.165, 1.54) is 63.9 Å². The molecule has 5 heterocycles. The van der Waals surface area contributed by atoms with E-state index in [0.29, 0.717) is 41.3 Å². The zero-order valence-corrected chi connectivity index (χ0v) is 31.8. The molecule has 7 rings (SSSR count). The lowest BCUT2D eigenvalue weighted by molar-refractivity contribution is -0.121.